The fourth-order valence-electron chi connectivity index (χ4n) is 1.54. The van der Waals surface area contributed by atoms with Crippen LogP contribution in [0.3, 0.4) is 0 Å². The van der Waals surface area contributed by atoms with Gasteiger partial charge < -0.3 is 4.74 Å². The van der Waals surface area contributed by atoms with Gasteiger partial charge in [-0.05, 0) is 12.5 Å². The third kappa shape index (κ3) is 3.91. The van der Waals surface area contributed by atoms with Gasteiger partial charge in [0, 0.05) is 12.3 Å². The molecule has 0 aliphatic heterocycles. The van der Waals surface area contributed by atoms with Crippen LogP contribution in [0, 0.1) is 0 Å². The Morgan fingerprint density at radius 1 is 1.41 bits per heavy atom. The van der Waals surface area contributed by atoms with Gasteiger partial charge in [0.15, 0.2) is 0 Å². The van der Waals surface area contributed by atoms with Crippen molar-refractivity contribution >= 4 is 5.97 Å². The highest BCUT2D eigenvalue weighted by atomic mass is 16.5. The van der Waals surface area contributed by atoms with Crippen molar-refractivity contribution in [3.63, 3.8) is 0 Å². The Balaban J connectivity index is 2.76. The van der Waals surface area contributed by atoms with Crippen molar-refractivity contribution in [3.8, 4) is 0 Å². The lowest BCUT2D eigenvalue weighted by molar-refractivity contribution is -0.139. The topological polar surface area (TPSA) is 26.3 Å². The van der Waals surface area contributed by atoms with Crippen molar-refractivity contribution < 1.29 is 9.53 Å². The Labute approximate surface area is 103 Å². The number of rotatable bonds is 5. The Hall–Kier alpha value is -1.83. The van der Waals surface area contributed by atoms with Gasteiger partial charge in [0.05, 0.1) is 0 Å². The van der Waals surface area contributed by atoms with Crippen LogP contribution in [-0.4, -0.2) is 12.6 Å². The molecule has 2 nitrogen and oxygen atoms in total. The molecule has 1 rings (SSSR count). The second-order valence-electron chi connectivity index (χ2n) is 4.06. The van der Waals surface area contributed by atoms with E-state index < -0.39 is 0 Å². The predicted octanol–water partition coefficient (Wildman–Crippen LogP) is 3.25. The quantitative estimate of drug-likeness (QED) is 0.573. The molecule has 0 aliphatic carbocycles. The number of hydrogen-bond donors (Lipinski definition) is 0. The molecule has 2 heteroatoms. The fourth-order valence-corrected chi connectivity index (χ4v) is 1.54. The van der Waals surface area contributed by atoms with E-state index in [0.29, 0.717) is 6.61 Å². The summed E-state index contributed by atoms with van der Waals surface area (Å²) in [5.41, 5.74) is 0.926. The molecule has 0 saturated heterocycles. The summed E-state index contributed by atoms with van der Waals surface area (Å²) in [6.07, 6.45) is 5.72. The van der Waals surface area contributed by atoms with E-state index in [9.17, 15) is 4.79 Å². The van der Waals surface area contributed by atoms with E-state index in [4.69, 9.17) is 4.74 Å². The van der Waals surface area contributed by atoms with Crippen LogP contribution in [0.25, 0.3) is 0 Å². The minimum absolute atomic E-state index is 0.235. The zero-order valence-corrected chi connectivity index (χ0v) is 10.3. The fraction of sp³-hybridized carbons (Fsp3) is 0.267. The van der Waals surface area contributed by atoms with Crippen molar-refractivity contribution in [2.75, 3.05) is 6.61 Å². The maximum atomic E-state index is 10.6. The molecule has 90 valence electrons. The highest BCUT2D eigenvalue weighted by molar-refractivity contribution is 5.66. The summed E-state index contributed by atoms with van der Waals surface area (Å²) in [6, 6.07) is 10.1. The van der Waals surface area contributed by atoms with Crippen LogP contribution in [-0.2, 0) is 14.9 Å². The molecule has 1 aromatic carbocycles. The minimum Gasteiger partial charge on any atom is -0.462 e. The SMILES string of the molecule is C=CC(C)(C=CCOC(C)=O)c1ccccc1. The lowest BCUT2D eigenvalue weighted by Gasteiger charge is -2.22. The monoisotopic (exact) mass is 230 g/mol. The molecular formula is C15H18O2. The second-order valence-corrected chi connectivity index (χ2v) is 4.06. The first-order valence-electron chi connectivity index (χ1n) is 5.58. The molecule has 0 aliphatic rings. The van der Waals surface area contributed by atoms with E-state index >= 15 is 0 Å². The van der Waals surface area contributed by atoms with Gasteiger partial charge in [0.1, 0.15) is 6.61 Å². The molecule has 0 aromatic heterocycles. The molecule has 0 N–H and O–H groups in total. The van der Waals surface area contributed by atoms with Crippen LogP contribution in [0.4, 0.5) is 0 Å². The lowest BCUT2D eigenvalue weighted by Crippen LogP contribution is -2.15. The Kier molecular flexibility index (Phi) is 4.70. The zero-order chi connectivity index (χ0) is 12.7. The van der Waals surface area contributed by atoms with Crippen LogP contribution in [0.2, 0.25) is 0 Å². The van der Waals surface area contributed by atoms with E-state index in [2.05, 4.69) is 25.6 Å². The molecule has 0 saturated carbocycles. The first-order valence-corrected chi connectivity index (χ1v) is 5.58. The summed E-state index contributed by atoms with van der Waals surface area (Å²) in [6.45, 7) is 7.63. The summed E-state index contributed by atoms with van der Waals surface area (Å²) in [5.74, 6) is -0.269. The van der Waals surface area contributed by atoms with E-state index in [1.807, 2.05) is 36.4 Å². The van der Waals surface area contributed by atoms with Crippen LogP contribution in [0.5, 0.6) is 0 Å². The van der Waals surface area contributed by atoms with Gasteiger partial charge in [0.2, 0.25) is 0 Å². The van der Waals surface area contributed by atoms with Crippen molar-refractivity contribution in [2.24, 2.45) is 0 Å². The Morgan fingerprint density at radius 2 is 2.06 bits per heavy atom. The zero-order valence-electron chi connectivity index (χ0n) is 10.3. The molecular weight excluding hydrogens is 212 g/mol. The number of benzene rings is 1. The number of allylic oxidation sites excluding steroid dienone is 2. The maximum Gasteiger partial charge on any atom is 0.302 e. The van der Waals surface area contributed by atoms with Gasteiger partial charge in [-0.2, -0.15) is 0 Å². The molecule has 1 unspecified atom stereocenters. The van der Waals surface area contributed by atoms with E-state index in [1.165, 1.54) is 6.92 Å². The number of carbonyl (C=O) groups is 1. The van der Waals surface area contributed by atoms with Crippen molar-refractivity contribution in [2.45, 2.75) is 19.3 Å². The molecule has 0 heterocycles. The van der Waals surface area contributed by atoms with Crippen LogP contribution >= 0.6 is 0 Å². The first kappa shape index (κ1) is 13.2. The number of esters is 1. The highest BCUT2D eigenvalue weighted by Gasteiger charge is 2.18. The van der Waals surface area contributed by atoms with Gasteiger partial charge in [-0.15, -0.1) is 6.58 Å². The molecule has 0 bridgehead atoms. The van der Waals surface area contributed by atoms with E-state index in [-0.39, 0.29) is 11.4 Å². The summed E-state index contributed by atoms with van der Waals surface area (Å²) in [5, 5.41) is 0. The van der Waals surface area contributed by atoms with E-state index in [1.54, 1.807) is 0 Å². The summed E-state index contributed by atoms with van der Waals surface area (Å²) < 4.78 is 4.86. The molecule has 0 fully saturated rings. The van der Waals surface area contributed by atoms with Gasteiger partial charge in [-0.25, -0.2) is 0 Å². The normalized spacial score (nSPS) is 14.2. The predicted molar refractivity (Wildman–Crippen MR) is 69.8 cm³/mol. The number of hydrogen-bond acceptors (Lipinski definition) is 2. The summed E-state index contributed by atoms with van der Waals surface area (Å²) in [4.78, 5) is 10.6. The average molecular weight is 230 g/mol. The standard InChI is InChI=1S/C15H18O2/c1-4-15(3,11-8-12-17-13(2)16)14-9-6-5-7-10-14/h4-11H,1,12H2,2-3H3. The second kappa shape index (κ2) is 6.04. The van der Waals surface area contributed by atoms with Crippen molar-refractivity contribution in [3.05, 3.63) is 60.7 Å². The molecule has 0 radical (unpaired) electrons. The largest absolute Gasteiger partial charge is 0.462 e. The van der Waals surface area contributed by atoms with Crippen LogP contribution < -0.4 is 0 Å². The van der Waals surface area contributed by atoms with Gasteiger partial charge in [-0.3, -0.25) is 4.79 Å². The van der Waals surface area contributed by atoms with Crippen LogP contribution in [0.1, 0.15) is 19.4 Å². The first-order chi connectivity index (χ1) is 8.08. The molecule has 1 aromatic rings. The highest BCUT2D eigenvalue weighted by Crippen LogP contribution is 2.26. The third-order valence-electron chi connectivity index (χ3n) is 2.67. The molecule has 0 amide bonds. The Morgan fingerprint density at radius 3 is 2.59 bits per heavy atom. The summed E-state index contributed by atoms with van der Waals surface area (Å²) in [7, 11) is 0. The van der Waals surface area contributed by atoms with Gasteiger partial charge in [-0.1, -0.05) is 48.6 Å². The molecule has 0 spiro atoms. The average Bonchev–Trinajstić information content (AvgIpc) is 2.35. The minimum atomic E-state index is -0.269. The third-order valence-corrected chi connectivity index (χ3v) is 2.67. The number of carbonyl (C=O) groups excluding carboxylic acids is 1. The van der Waals surface area contributed by atoms with E-state index in [0.717, 1.165) is 5.56 Å². The van der Waals surface area contributed by atoms with Crippen LogP contribution in [0.15, 0.2) is 55.1 Å². The maximum absolute atomic E-state index is 10.6. The van der Waals surface area contributed by atoms with Crippen molar-refractivity contribution in [1.29, 1.82) is 0 Å². The molecule has 17 heavy (non-hydrogen) atoms. The number of ether oxygens (including phenoxy) is 1. The van der Waals surface area contributed by atoms with Crippen molar-refractivity contribution in [1.82, 2.24) is 0 Å². The van der Waals surface area contributed by atoms with Gasteiger partial charge in [0.25, 0.3) is 0 Å². The smallest absolute Gasteiger partial charge is 0.302 e. The molecule has 1 atom stereocenters. The lowest BCUT2D eigenvalue weighted by atomic mass is 9.82. The van der Waals surface area contributed by atoms with Gasteiger partial charge >= 0.3 is 5.97 Å². The Bertz CT molecular complexity index is 406. The summed E-state index contributed by atoms with van der Waals surface area (Å²) >= 11 is 0.